The zero-order chi connectivity index (χ0) is 14.0. The molecular formula is C12H9NO4S2. The summed E-state index contributed by atoms with van der Waals surface area (Å²) >= 11 is 5.97. The van der Waals surface area contributed by atoms with E-state index in [0.717, 1.165) is 11.8 Å². The van der Waals surface area contributed by atoms with Gasteiger partial charge in [0.2, 0.25) is 0 Å². The molecule has 1 aliphatic rings. The Morgan fingerprint density at radius 2 is 2.26 bits per heavy atom. The fourth-order valence-electron chi connectivity index (χ4n) is 1.54. The van der Waals surface area contributed by atoms with E-state index in [0.29, 0.717) is 20.5 Å². The molecule has 1 saturated heterocycles. The summed E-state index contributed by atoms with van der Waals surface area (Å²) in [6.07, 6.45) is 1.49. The third-order valence-electron chi connectivity index (χ3n) is 2.42. The molecule has 98 valence electrons. The maximum absolute atomic E-state index is 11.6. The summed E-state index contributed by atoms with van der Waals surface area (Å²) in [5.41, 5.74) is 0.494. The summed E-state index contributed by atoms with van der Waals surface area (Å²) in [5.74, 6) is -0.877. The van der Waals surface area contributed by atoms with Crippen LogP contribution in [0.2, 0.25) is 0 Å². The van der Waals surface area contributed by atoms with Crippen LogP contribution in [0, 0.1) is 0 Å². The molecule has 0 aromatic heterocycles. The number of thiocarbonyl (C=S) groups is 1. The molecule has 0 unspecified atom stereocenters. The van der Waals surface area contributed by atoms with Gasteiger partial charge in [-0.1, -0.05) is 24.0 Å². The monoisotopic (exact) mass is 295 g/mol. The highest BCUT2D eigenvalue weighted by molar-refractivity contribution is 8.26. The van der Waals surface area contributed by atoms with Crippen LogP contribution in [-0.2, 0) is 4.79 Å². The topological polar surface area (TPSA) is 75.6 Å². The average molecular weight is 295 g/mol. The Labute approximate surface area is 118 Å². The number of hydrogen-bond donors (Lipinski definition) is 2. The van der Waals surface area contributed by atoms with E-state index in [9.17, 15) is 9.59 Å². The summed E-state index contributed by atoms with van der Waals surface area (Å²) in [4.78, 5) is 23.1. The molecule has 2 rings (SSSR count). The fraction of sp³-hybridized carbons (Fsp3) is 0.0833. The molecule has 2 N–H and O–H groups in total. The van der Waals surface area contributed by atoms with Gasteiger partial charge in [0, 0.05) is 0 Å². The number of hydrogen-bond acceptors (Lipinski definition) is 5. The molecule has 19 heavy (non-hydrogen) atoms. The van der Waals surface area contributed by atoms with Crippen LogP contribution in [-0.4, -0.2) is 28.4 Å². The number of thioether (sulfide) groups is 1. The van der Waals surface area contributed by atoms with E-state index in [1.54, 1.807) is 12.1 Å². The summed E-state index contributed by atoms with van der Waals surface area (Å²) in [5, 5.41) is 11.6. The molecule has 0 radical (unpaired) electrons. The summed E-state index contributed by atoms with van der Waals surface area (Å²) in [7, 11) is 1.48. The van der Waals surface area contributed by atoms with Crippen molar-refractivity contribution in [3.63, 3.8) is 0 Å². The van der Waals surface area contributed by atoms with Crippen molar-refractivity contribution in [2.45, 2.75) is 0 Å². The lowest BCUT2D eigenvalue weighted by atomic mass is 10.1. The predicted molar refractivity (Wildman–Crippen MR) is 76.3 cm³/mol. The molecule has 0 spiro atoms. The second kappa shape index (κ2) is 5.41. The minimum atomic E-state index is -1.07. The minimum Gasteiger partial charge on any atom is -0.497 e. The molecule has 1 amide bonds. The number of carboxylic acid groups (broad SMARTS) is 1. The summed E-state index contributed by atoms with van der Waals surface area (Å²) in [6, 6.07) is 4.55. The second-order valence-corrected chi connectivity index (χ2v) is 5.33. The van der Waals surface area contributed by atoms with E-state index in [1.807, 2.05) is 0 Å². The molecule has 1 aliphatic heterocycles. The zero-order valence-corrected chi connectivity index (χ0v) is 11.4. The van der Waals surface area contributed by atoms with E-state index in [-0.39, 0.29) is 11.5 Å². The molecule has 1 aromatic rings. The molecular weight excluding hydrogens is 286 g/mol. The summed E-state index contributed by atoms with van der Waals surface area (Å²) in [6.45, 7) is 0. The van der Waals surface area contributed by atoms with Crippen LogP contribution in [0.15, 0.2) is 23.1 Å². The van der Waals surface area contributed by atoms with E-state index < -0.39 is 5.97 Å². The molecule has 1 aromatic carbocycles. The Bertz CT molecular complexity index is 610. The van der Waals surface area contributed by atoms with Gasteiger partial charge in [-0.2, -0.15) is 0 Å². The van der Waals surface area contributed by atoms with Crippen molar-refractivity contribution in [2.75, 3.05) is 7.11 Å². The fourth-order valence-corrected chi connectivity index (χ4v) is 2.58. The number of benzene rings is 1. The lowest BCUT2D eigenvalue weighted by Gasteiger charge is -2.05. The molecule has 5 nitrogen and oxygen atoms in total. The van der Waals surface area contributed by atoms with Crippen molar-refractivity contribution < 1.29 is 19.4 Å². The SMILES string of the molecule is COc1ccc(C(=O)O)c(C=C2SC(=S)NC2=O)c1. The highest BCUT2D eigenvalue weighted by Gasteiger charge is 2.23. The Balaban J connectivity index is 2.48. The van der Waals surface area contributed by atoms with E-state index in [1.165, 1.54) is 19.3 Å². The molecule has 0 bridgehead atoms. The van der Waals surface area contributed by atoms with Gasteiger partial charge in [0.05, 0.1) is 17.6 Å². The van der Waals surface area contributed by atoms with Crippen molar-refractivity contribution >= 4 is 46.3 Å². The van der Waals surface area contributed by atoms with Gasteiger partial charge in [0.1, 0.15) is 10.1 Å². The number of amides is 1. The van der Waals surface area contributed by atoms with E-state index >= 15 is 0 Å². The number of carbonyl (C=O) groups excluding carboxylic acids is 1. The first-order valence-electron chi connectivity index (χ1n) is 5.17. The lowest BCUT2D eigenvalue weighted by Crippen LogP contribution is -2.17. The number of aromatic carboxylic acids is 1. The van der Waals surface area contributed by atoms with Crippen LogP contribution < -0.4 is 10.1 Å². The maximum atomic E-state index is 11.6. The van der Waals surface area contributed by atoms with Gasteiger partial charge in [-0.15, -0.1) is 0 Å². The van der Waals surface area contributed by atoms with Gasteiger partial charge in [-0.05, 0) is 29.8 Å². The van der Waals surface area contributed by atoms with Crippen LogP contribution in [0.5, 0.6) is 5.75 Å². The average Bonchev–Trinajstić information content (AvgIpc) is 2.67. The van der Waals surface area contributed by atoms with Crippen molar-refractivity contribution in [1.82, 2.24) is 5.32 Å². The van der Waals surface area contributed by atoms with Crippen LogP contribution >= 0.6 is 24.0 Å². The largest absolute Gasteiger partial charge is 0.497 e. The highest BCUT2D eigenvalue weighted by atomic mass is 32.2. The van der Waals surface area contributed by atoms with Crippen LogP contribution in [0.1, 0.15) is 15.9 Å². The Morgan fingerprint density at radius 3 is 2.79 bits per heavy atom. The van der Waals surface area contributed by atoms with Crippen molar-refractivity contribution in [3.05, 3.63) is 34.2 Å². The van der Waals surface area contributed by atoms with Gasteiger partial charge in [0.15, 0.2) is 0 Å². The van der Waals surface area contributed by atoms with Gasteiger partial charge in [0.25, 0.3) is 5.91 Å². The Hall–Kier alpha value is -1.86. The van der Waals surface area contributed by atoms with E-state index in [2.05, 4.69) is 5.32 Å². The quantitative estimate of drug-likeness (QED) is 0.655. The number of nitrogens with one attached hydrogen (secondary N) is 1. The molecule has 7 heteroatoms. The lowest BCUT2D eigenvalue weighted by molar-refractivity contribution is -0.115. The molecule has 1 fully saturated rings. The highest BCUT2D eigenvalue weighted by Crippen LogP contribution is 2.28. The van der Waals surface area contributed by atoms with Crippen molar-refractivity contribution in [3.8, 4) is 5.75 Å². The minimum absolute atomic E-state index is 0.0968. The zero-order valence-electron chi connectivity index (χ0n) is 9.80. The van der Waals surface area contributed by atoms with E-state index in [4.69, 9.17) is 22.1 Å². The third-order valence-corrected chi connectivity index (χ3v) is 3.58. The number of rotatable bonds is 3. The first-order chi connectivity index (χ1) is 9.01. The molecule has 0 atom stereocenters. The standard InChI is InChI=1S/C12H9NO4S2/c1-17-7-2-3-8(11(15)16)6(4-7)5-9-10(14)13-12(18)19-9/h2-5H,1H3,(H,15,16)(H,13,14,18). The van der Waals surface area contributed by atoms with Crippen molar-refractivity contribution in [1.29, 1.82) is 0 Å². The van der Waals surface area contributed by atoms with Gasteiger partial charge >= 0.3 is 5.97 Å². The Kier molecular flexibility index (Phi) is 3.87. The van der Waals surface area contributed by atoms with Gasteiger partial charge in [-0.3, -0.25) is 4.79 Å². The number of ether oxygens (including phenoxy) is 1. The molecule has 1 heterocycles. The smallest absolute Gasteiger partial charge is 0.336 e. The predicted octanol–water partition coefficient (Wildman–Crippen LogP) is 1.88. The first-order valence-corrected chi connectivity index (χ1v) is 6.40. The normalized spacial score (nSPS) is 16.6. The number of carbonyl (C=O) groups is 2. The third kappa shape index (κ3) is 2.94. The van der Waals surface area contributed by atoms with Gasteiger partial charge in [-0.25, -0.2) is 4.79 Å². The first kappa shape index (κ1) is 13.6. The number of methoxy groups -OCH3 is 1. The van der Waals surface area contributed by atoms with Gasteiger partial charge < -0.3 is 15.2 Å². The maximum Gasteiger partial charge on any atom is 0.336 e. The second-order valence-electron chi connectivity index (χ2n) is 3.61. The Morgan fingerprint density at radius 1 is 1.53 bits per heavy atom. The number of carboxylic acids is 1. The molecule has 0 saturated carbocycles. The van der Waals surface area contributed by atoms with Crippen LogP contribution in [0.3, 0.4) is 0 Å². The van der Waals surface area contributed by atoms with Crippen LogP contribution in [0.25, 0.3) is 6.08 Å². The van der Waals surface area contributed by atoms with Crippen molar-refractivity contribution in [2.24, 2.45) is 0 Å². The van der Waals surface area contributed by atoms with Crippen LogP contribution in [0.4, 0.5) is 0 Å². The molecule has 0 aliphatic carbocycles. The summed E-state index contributed by atoms with van der Waals surface area (Å²) < 4.78 is 5.40.